The normalized spacial score (nSPS) is 18.5. The van der Waals surface area contributed by atoms with Gasteiger partial charge in [-0.15, -0.1) is 0 Å². The van der Waals surface area contributed by atoms with Crippen LogP contribution < -0.4 is 25.8 Å². The SMILES string of the molecule is COCCCOc1cc(C[C@@H](C[C@H](N)[C@@H](O)C[C@H](C(=O)NC[C@H]2CCC(=O)N2)C(C)C)C(C)C)ccc1OC. The minimum atomic E-state index is -0.800. The van der Waals surface area contributed by atoms with Crippen LogP contribution in [0.25, 0.3) is 0 Å². The molecule has 1 aromatic carbocycles. The van der Waals surface area contributed by atoms with Gasteiger partial charge in [0.25, 0.3) is 0 Å². The number of nitrogens with two attached hydrogens (primary N) is 1. The summed E-state index contributed by atoms with van der Waals surface area (Å²) in [5, 5.41) is 16.9. The van der Waals surface area contributed by atoms with Crippen LogP contribution in [0.2, 0.25) is 0 Å². The van der Waals surface area contributed by atoms with Crippen LogP contribution in [0.1, 0.15) is 65.4 Å². The van der Waals surface area contributed by atoms with Crippen LogP contribution in [-0.4, -0.2) is 69.1 Å². The standard InChI is InChI=1S/C30H51N3O6/c1-19(2)22(14-21-8-10-27(38-6)28(15-21)39-13-7-12-37-5)16-25(31)26(34)17-24(20(3)4)30(36)32-18-23-9-11-29(35)33-23/h8,10,15,19-20,22-26,34H,7,9,11-14,16-18,31H2,1-6H3,(H,32,36)(H,33,35)/t22-,23+,24-,25-,26-/m0/s1. The molecule has 0 bridgehead atoms. The van der Waals surface area contributed by atoms with E-state index in [-0.39, 0.29) is 35.6 Å². The van der Waals surface area contributed by atoms with Gasteiger partial charge in [0.05, 0.1) is 19.8 Å². The van der Waals surface area contributed by atoms with Crippen molar-refractivity contribution < 1.29 is 28.9 Å². The molecule has 9 nitrogen and oxygen atoms in total. The maximum absolute atomic E-state index is 12.9. The third-order valence-corrected chi connectivity index (χ3v) is 7.73. The number of aliphatic hydroxyl groups excluding tert-OH is 1. The van der Waals surface area contributed by atoms with Crippen molar-refractivity contribution >= 4 is 11.8 Å². The summed E-state index contributed by atoms with van der Waals surface area (Å²) < 4.78 is 16.5. The monoisotopic (exact) mass is 549 g/mol. The lowest BCUT2D eigenvalue weighted by atomic mass is 9.81. The highest BCUT2D eigenvalue weighted by Crippen LogP contribution is 2.31. The van der Waals surface area contributed by atoms with Crippen LogP contribution in [0, 0.1) is 23.7 Å². The van der Waals surface area contributed by atoms with Crippen molar-refractivity contribution in [2.45, 2.75) is 84.4 Å². The lowest BCUT2D eigenvalue weighted by Crippen LogP contribution is -2.45. The molecule has 9 heteroatoms. The average Bonchev–Trinajstić information content (AvgIpc) is 3.32. The Balaban J connectivity index is 1.97. The fourth-order valence-electron chi connectivity index (χ4n) is 5.05. The average molecular weight is 550 g/mol. The third-order valence-electron chi connectivity index (χ3n) is 7.73. The fraction of sp³-hybridized carbons (Fsp3) is 0.733. The number of methoxy groups -OCH3 is 2. The van der Waals surface area contributed by atoms with E-state index in [9.17, 15) is 14.7 Å². The Kier molecular flexibility index (Phi) is 14.0. The molecule has 1 aliphatic heterocycles. The van der Waals surface area contributed by atoms with E-state index in [0.717, 1.165) is 24.8 Å². The van der Waals surface area contributed by atoms with Crippen LogP contribution in [0.15, 0.2) is 18.2 Å². The molecule has 5 atom stereocenters. The second-order valence-electron chi connectivity index (χ2n) is 11.5. The number of rotatable bonds is 18. The molecule has 0 aliphatic carbocycles. The van der Waals surface area contributed by atoms with Gasteiger partial charge in [-0.25, -0.2) is 0 Å². The Morgan fingerprint density at radius 3 is 2.46 bits per heavy atom. The van der Waals surface area contributed by atoms with Gasteiger partial charge in [-0.05, 0) is 61.1 Å². The highest BCUT2D eigenvalue weighted by Gasteiger charge is 2.30. The molecule has 0 aromatic heterocycles. The molecule has 0 spiro atoms. The second kappa shape index (κ2) is 16.7. The molecule has 2 rings (SSSR count). The Morgan fingerprint density at radius 2 is 1.87 bits per heavy atom. The van der Waals surface area contributed by atoms with Gasteiger partial charge in [0.2, 0.25) is 11.8 Å². The summed E-state index contributed by atoms with van der Waals surface area (Å²) in [5.41, 5.74) is 7.65. The van der Waals surface area contributed by atoms with E-state index < -0.39 is 12.1 Å². The molecule has 0 radical (unpaired) electrons. The van der Waals surface area contributed by atoms with Crippen LogP contribution in [0.5, 0.6) is 11.5 Å². The molecule has 2 amide bonds. The van der Waals surface area contributed by atoms with Crippen LogP contribution in [0.4, 0.5) is 0 Å². The topological polar surface area (TPSA) is 132 Å². The predicted molar refractivity (Wildman–Crippen MR) is 153 cm³/mol. The number of aliphatic hydroxyl groups is 1. The van der Waals surface area contributed by atoms with Gasteiger partial charge in [0.15, 0.2) is 11.5 Å². The molecular formula is C30H51N3O6. The van der Waals surface area contributed by atoms with E-state index in [1.165, 1.54) is 0 Å². The lowest BCUT2D eigenvalue weighted by Gasteiger charge is -2.30. The second-order valence-corrected chi connectivity index (χ2v) is 11.5. The van der Waals surface area contributed by atoms with E-state index in [2.05, 4.69) is 24.5 Å². The van der Waals surface area contributed by atoms with Gasteiger partial charge >= 0.3 is 0 Å². The fourth-order valence-corrected chi connectivity index (χ4v) is 5.05. The van der Waals surface area contributed by atoms with E-state index in [1.54, 1.807) is 14.2 Å². The van der Waals surface area contributed by atoms with Crippen molar-refractivity contribution in [1.29, 1.82) is 0 Å². The summed E-state index contributed by atoms with van der Waals surface area (Å²) in [5.74, 6) is 1.60. The summed E-state index contributed by atoms with van der Waals surface area (Å²) >= 11 is 0. The van der Waals surface area contributed by atoms with Crippen LogP contribution >= 0.6 is 0 Å². The maximum atomic E-state index is 12.9. The number of ether oxygens (including phenoxy) is 3. The van der Waals surface area contributed by atoms with Crippen molar-refractivity contribution in [3.05, 3.63) is 23.8 Å². The molecule has 1 saturated heterocycles. The van der Waals surface area contributed by atoms with Crippen molar-refractivity contribution in [2.75, 3.05) is 34.0 Å². The number of benzene rings is 1. The number of carbonyl (C=O) groups is 2. The number of nitrogens with one attached hydrogen (secondary N) is 2. The smallest absolute Gasteiger partial charge is 0.223 e. The Hall–Kier alpha value is -2.36. The summed E-state index contributed by atoms with van der Waals surface area (Å²) in [4.78, 5) is 24.4. The van der Waals surface area contributed by atoms with Crippen molar-refractivity contribution in [3.8, 4) is 11.5 Å². The molecule has 222 valence electrons. The van der Waals surface area contributed by atoms with E-state index in [0.29, 0.717) is 56.4 Å². The highest BCUT2D eigenvalue weighted by atomic mass is 16.5. The summed E-state index contributed by atoms with van der Waals surface area (Å²) in [6.45, 7) is 9.88. The number of hydrogen-bond acceptors (Lipinski definition) is 7. The number of hydrogen-bond donors (Lipinski definition) is 4. The van der Waals surface area contributed by atoms with Crippen molar-refractivity contribution in [3.63, 3.8) is 0 Å². The van der Waals surface area contributed by atoms with Gasteiger partial charge < -0.3 is 35.7 Å². The Bertz CT molecular complexity index is 893. The van der Waals surface area contributed by atoms with Gasteiger partial charge in [0.1, 0.15) is 0 Å². The molecule has 39 heavy (non-hydrogen) atoms. The van der Waals surface area contributed by atoms with E-state index in [4.69, 9.17) is 19.9 Å². The molecular weight excluding hydrogens is 498 g/mol. The molecule has 1 aliphatic rings. The summed E-state index contributed by atoms with van der Waals surface area (Å²) in [6.07, 6.45) is 2.94. The predicted octanol–water partition coefficient (Wildman–Crippen LogP) is 3.06. The maximum Gasteiger partial charge on any atom is 0.223 e. The zero-order chi connectivity index (χ0) is 28.9. The van der Waals surface area contributed by atoms with Crippen LogP contribution in [0.3, 0.4) is 0 Å². The minimum Gasteiger partial charge on any atom is -0.493 e. The molecule has 1 fully saturated rings. The summed E-state index contributed by atoms with van der Waals surface area (Å²) in [7, 11) is 3.30. The zero-order valence-corrected chi connectivity index (χ0v) is 24.7. The Morgan fingerprint density at radius 1 is 1.13 bits per heavy atom. The van der Waals surface area contributed by atoms with Gasteiger partial charge in [0, 0.05) is 51.1 Å². The minimum absolute atomic E-state index is 0.0243. The zero-order valence-electron chi connectivity index (χ0n) is 24.7. The first-order chi connectivity index (χ1) is 18.5. The summed E-state index contributed by atoms with van der Waals surface area (Å²) in [6, 6.07) is 5.51. The Labute approximate surface area is 234 Å². The largest absolute Gasteiger partial charge is 0.493 e. The molecule has 0 unspecified atom stereocenters. The molecule has 1 heterocycles. The number of amides is 2. The van der Waals surface area contributed by atoms with Crippen molar-refractivity contribution in [1.82, 2.24) is 10.6 Å². The molecule has 5 N–H and O–H groups in total. The van der Waals surface area contributed by atoms with E-state index >= 15 is 0 Å². The van der Waals surface area contributed by atoms with E-state index in [1.807, 2.05) is 32.0 Å². The molecule has 0 saturated carbocycles. The van der Waals surface area contributed by atoms with Gasteiger partial charge in [-0.2, -0.15) is 0 Å². The first-order valence-electron chi connectivity index (χ1n) is 14.3. The molecule has 1 aromatic rings. The first kappa shape index (κ1) is 32.8. The third kappa shape index (κ3) is 11.0. The first-order valence-corrected chi connectivity index (χ1v) is 14.3. The van der Waals surface area contributed by atoms with Gasteiger partial charge in [-0.1, -0.05) is 33.8 Å². The van der Waals surface area contributed by atoms with Gasteiger partial charge in [-0.3, -0.25) is 9.59 Å². The number of carbonyl (C=O) groups excluding carboxylic acids is 2. The van der Waals surface area contributed by atoms with Crippen LogP contribution in [-0.2, 0) is 20.7 Å². The quantitative estimate of drug-likeness (QED) is 0.207. The lowest BCUT2D eigenvalue weighted by molar-refractivity contribution is -0.128. The van der Waals surface area contributed by atoms with Crippen molar-refractivity contribution in [2.24, 2.45) is 29.4 Å². The highest BCUT2D eigenvalue weighted by molar-refractivity contribution is 5.80.